The van der Waals surface area contributed by atoms with Crippen molar-refractivity contribution in [2.75, 3.05) is 45.2 Å². The van der Waals surface area contributed by atoms with Gasteiger partial charge >= 0.3 is 0 Å². The number of fused-ring (bicyclic) bond motifs is 13. The first-order valence-electron chi connectivity index (χ1n) is 15.0. The predicted octanol–water partition coefficient (Wildman–Crippen LogP) is 3.50. The first-order chi connectivity index (χ1) is 22.8. The van der Waals surface area contributed by atoms with Crippen LogP contribution in [0.5, 0.6) is 17.2 Å². The number of ether oxygens (including phenoxy) is 3. The average Bonchev–Trinajstić information content (AvgIpc) is 3.75. The maximum Gasteiger partial charge on any atom is 0.290 e. The van der Waals surface area contributed by atoms with E-state index in [1.807, 2.05) is 4.90 Å². The minimum absolute atomic E-state index is 0.0684. The van der Waals surface area contributed by atoms with Gasteiger partial charge < -0.3 is 30.0 Å². The van der Waals surface area contributed by atoms with E-state index in [1.165, 1.54) is 30.6 Å². The number of rotatable bonds is 5. The summed E-state index contributed by atoms with van der Waals surface area (Å²) in [6, 6.07) is 9.13. The Morgan fingerprint density at radius 1 is 1.17 bits per heavy atom. The summed E-state index contributed by atoms with van der Waals surface area (Å²) in [5.41, 5.74) is 0.551. The van der Waals surface area contributed by atoms with Crippen LogP contribution in [0.25, 0.3) is 0 Å². The number of halogens is 1. The van der Waals surface area contributed by atoms with E-state index in [0.717, 1.165) is 17.8 Å². The third-order valence-electron chi connectivity index (χ3n) is 7.26. The van der Waals surface area contributed by atoms with Crippen molar-refractivity contribution in [1.82, 2.24) is 25.7 Å². The fourth-order valence-corrected chi connectivity index (χ4v) is 5.83. The van der Waals surface area contributed by atoms with Crippen molar-refractivity contribution in [3.05, 3.63) is 58.3 Å². The molecule has 2 bridgehead atoms. The molecule has 16 heteroatoms. The van der Waals surface area contributed by atoms with Crippen molar-refractivity contribution in [3.63, 3.8) is 0 Å². The third-order valence-corrected chi connectivity index (χ3v) is 8.19. The summed E-state index contributed by atoms with van der Waals surface area (Å²) in [6.45, 7) is 1.76. The van der Waals surface area contributed by atoms with Crippen molar-refractivity contribution in [1.29, 1.82) is 0 Å². The van der Waals surface area contributed by atoms with E-state index in [4.69, 9.17) is 24.1 Å². The second kappa shape index (κ2) is 17.9. The van der Waals surface area contributed by atoms with Crippen LogP contribution in [0.15, 0.2) is 36.4 Å². The van der Waals surface area contributed by atoms with Crippen LogP contribution < -0.4 is 25.4 Å². The molecule has 0 aliphatic carbocycles. The van der Waals surface area contributed by atoms with Gasteiger partial charge in [0.25, 0.3) is 12.4 Å². The maximum absolute atomic E-state index is 14.8. The fourth-order valence-electron chi connectivity index (χ4n) is 4.98. The lowest BCUT2D eigenvalue weighted by molar-refractivity contribution is -0.123. The number of amides is 3. The van der Waals surface area contributed by atoms with E-state index in [1.54, 1.807) is 24.3 Å². The van der Waals surface area contributed by atoms with E-state index in [9.17, 15) is 18.8 Å². The first kappa shape index (κ1) is 35.2. The van der Waals surface area contributed by atoms with Gasteiger partial charge in [0.15, 0.2) is 11.5 Å². The molecule has 1 aromatic heterocycles. The molecule has 0 spiro atoms. The van der Waals surface area contributed by atoms with Crippen LogP contribution in [-0.2, 0) is 25.7 Å². The Morgan fingerprint density at radius 3 is 2.74 bits per heavy atom. The second-order valence-electron chi connectivity index (χ2n) is 10.6. The van der Waals surface area contributed by atoms with Gasteiger partial charge in [-0.15, -0.1) is 10.2 Å². The standard InChI is InChI=1S/C30H35FN6O6S.CH2O2/c1-41-25-16-19-10-11-23(25)43-22-7-2-6-21(31)20(22)17-33-26(38)9-3-13-37(14-5-12-32-28(19)40)18-27(39)34-30-36-35-29(44-30)24-8-4-15-42-24;2-1-3/h2,6-7,10-11,16,24H,3-5,8-9,12-15,17-18H2,1H3,(H,32,40)(H,33,38)(H,34,36,39);1H,(H,2,3). The molecule has 2 aromatic carbocycles. The van der Waals surface area contributed by atoms with Crippen LogP contribution in [0.2, 0.25) is 0 Å². The van der Waals surface area contributed by atoms with Gasteiger partial charge in [0, 0.05) is 43.8 Å². The topological polar surface area (TPSA) is 181 Å². The van der Waals surface area contributed by atoms with Crippen LogP contribution in [0.1, 0.15) is 59.1 Å². The molecule has 6 rings (SSSR count). The Hall–Kier alpha value is -4.67. The number of nitrogens with one attached hydrogen (secondary N) is 3. The van der Waals surface area contributed by atoms with Crippen LogP contribution in [0.4, 0.5) is 9.52 Å². The molecule has 1 fully saturated rings. The zero-order chi connectivity index (χ0) is 33.6. The smallest absolute Gasteiger partial charge is 0.290 e. The zero-order valence-electron chi connectivity index (χ0n) is 25.8. The van der Waals surface area contributed by atoms with Gasteiger partial charge in [0.1, 0.15) is 22.7 Å². The number of carbonyl (C=O) groups excluding carboxylic acids is 3. The molecule has 1 saturated heterocycles. The first-order valence-corrected chi connectivity index (χ1v) is 15.9. The molecule has 3 aliphatic rings. The van der Waals surface area contributed by atoms with E-state index in [-0.39, 0.29) is 61.1 Å². The number of methoxy groups -OCH3 is 1. The summed E-state index contributed by atoms with van der Waals surface area (Å²) in [6.07, 6.45) is 2.99. The van der Waals surface area contributed by atoms with E-state index < -0.39 is 5.82 Å². The Balaban J connectivity index is 0.00000160. The van der Waals surface area contributed by atoms with Crippen LogP contribution >= 0.6 is 11.3 Å². The van der Waals surface area contributed by atoms with Gasteiger partial charge in [0.05, 0.1) is 13.7 Å². The van der Waals surface area contributed by atoms with E-state index >= 15 is 0 Å². The molecule has 252 valence electrons. The summed E-state index contributed by atoms with van der Waals surface area (Å²) in [5.74, 6) is -0.529. The van der Waals surface area contributed by atoms with Crippen LogP contribution in [-0.4, -0.2) is 84.3 Å². The Bertz CT molecular complexity index is 1530. The highest BCUT2D eigenvalue weighted by atomic mass is 32.1. The molecule has 4 heterocycles. The molecule has 1 atom stereocenters. The van der Waals surface area contributed by atoms with Crippen LogP contribution in [0.3, 0.4) is 0 Å². The predicted molar refractivity (Wildman–Crippen MR) is 169 cm³/mol. The molecule has 0 radical (unpaired) electrons. The molecule has 14 nitrogen and oxygen atoms in total. The SMILES string of the molecule is COc1cc2ccc1Oc1cccc(F)c1CNC(=O)CCCN(CC(=O)Nc1nnc(C3CCCO3)s1)CCCNC2=O.O=CO. The largest absolute Gasteiger partial charge is 0.493 e. The molecular formula is C31H37FN6O8S. The average molecular weight is 673 g/mol. The summed E-state index contributed by atoms with van der Waals surface area (Å²) in [7, 11) is 1.45. The number of aromatic nitrogens is 2. The highest BCUT2D eigenvalue weighted by Crippen LogP contribution is 2.35. The lowest BCUT2D eigenvalue weighted by Crippen LogP contribution is -2.37. The van der Waals surface area contributed by atoms with Crippen molar-refractivity contribution in [2.45, 2.75) is 44.8 Å². The van der Waals surface area contributed by atoms with Crippen molar-refractivity contribution in [2.24, 2.45) is 0 Å². The normalized spacial score (nSPS) is 17.7. The minimum atomic E-state index is -0.529. The number of nitrogens with zero attached hydrogens (tertiary/aromatic N) is 3. The number of anilines is 1. The molecule has 3 amide bonds. The summed E-state index contributed by atoms with van der Waals surface area (Å²) >= 11 is 1.30. The molecule has 0 saturated carbocycles. The summed E-state index contributed by atoms with van der Waals surface area (Å²) < 4.78 is 31.8. The van der Waals surface area contributed by atoms with E-state index in [2.05, 4.69) is 26.1 Å². The molecule has 47 heavy (non-hydrogen) atoms. The Kier molecular flexibility index (Phi) is 13.4. The number of hydrogen-bond donors (Lipinski definition) is 4. The van der Waals surface area contributed by atoms with Gasteiger partial charge in [0.2, 0.25) is 16.9 Å². The zero-order valence-corrected chi connectivity index (χ0v) is 26.6. The van der Waals surface area contributed by atoms with Crippen LogP contribution in [0, 0.1) is 5.82 Å². The number of benzene rings is 2. The maximum atomic E-state index is 14.8. The van der Waals surface area contributed by atoms with Crippen molar-refractivity contribution >= 4 is 40.7 Å². The molecular weight excluding hydrogens is 635 g/mol. The number of carbonyl (C=O) groups is 4. The van der Waals surface area contributed by atoms with E-state index in [0.29, 0.717) is 61.3 Å². The molecule has 1 unspecified atom stereocenters. The summed E-state index contributed by atoms with van der Waals surface area (Å²) in [5, 5.41) is 24.8. The highest BCUT2D eigenvalue weighted by molar-refractivity contribution is 7.15. The monoisotopic (exact) mass is 672 g/mol. The third kappa shape index (κ3) is 10.4. The minimum Gasteiger partial charge on any atom is -0.493 e. The molecule has 3 aliphatic heterocycles. The van der Waals surface area contributed by atoms with Crippen molar-refractivity contribution < 1.29 is 42.9 Å². The quantitative estimate of drug-likeness (QED) is 0.291. The highest BCUT2D eigenvalue weighted by Gasteiger charge is 2.23. The summed E-state index contributed by atoms with van der Waals surface area (Å²) in [4.78, 5) is 48.8. The number of hydrogen-bond acceptors (Lipinski definition) is 11. The lowest BCUT2D eigenvalue weighted by atomic mass is 10.1. The van der Waals surface area contributed by atoms with Gasteiger partial charge in [-0.1, -0.05) is 17.4 Å². The Morgan fingerprint density at radius 2 is 1.98 bits per heavy atom. The Labute approximate surface area is 274 Å². The van der Waals surface area contributed by atoms with Crippen molar-refractivity contribution in [3.8, 4) is 17.2 Å². The number of carboxylic acid groups (broad SMARTS) is 1. The van der Waals surface area contributed by atoms with Gasteiger partial charge in [-0.05, 0) is 62.6 Å². The van der Waals surface area contributed by atoms with Gasteiger partial charge in [-0.25, -0.2) is 4.39 Å². The molecule has 3 aromatic rings. The molecule has 4 N–H and O–H groups in total. The van der Waals surface area contributed by atoms with Gasteiger partial charge in [-0.3, -0.25) is 29.4 Å². The lowest BCUT2D eigenvalue weighted by Gasteiger charge is -2.21. The second-order valence-corrected chi connectivity index (χ2v) is 11.6. The fraction of sp³-hybridized carbons (Fsp3) is 0.419. The van der Waals surface area contributed by atoms with Gasteiger partial charge in [-0.2, -0.15) is 0 Å².